The number of nitrogens with one attached hydrogen (secondary N) is 1. The summed E-state index contributed by atoms with van der Waals surface area (Å²) in [6, 6.07) is 6.21. The van der Waals surface area contributed by atoms with E-state index >= 15 is 0 Å². The van der Waals surface area contributed by atoms with Gasteiger partial charge in [0.2, 0.25) is 0 Å². The molecule has 2 aromatic rings. The SMILES string of the molecule is O=C(NC1(C(=O)O)CCSC1)c1csc(Cc2cccc(F)c2)n1. The number of carbonyl (C=O) groups is 2. The number of halogens is 1. The highest BCUT2D eigenvalue weighted by Crippen LogP contribution is 2.28. The fourth-order valence-electron chi connectivity index (χ4n) is 2.48. The molecule has 2 heterocycles. The Bertz CT molecular complexity index is 772. The van der Waals surface area contributed by atoms with Crippen molar-refractivity contribution >= 4 is 35.0 Å². The number of carbonyl (C=O) groups excluding carboxylic acids is 1. The van der Waals surface area contributed by atoms with Gasteiger partial charge in [0.25, 0.3) is 5.91 Å². The van der Waals surface area contributed by atoms with Crippen LogP contribution in [0.15, 0.2) is 29.6 Å². The standard InChI is InChI=1S/C16H15FN2O3S2/c17-11-3-1-2-10(6-11)7-13-18-12(8-24-13)14(20)19-16(15(21)22)4-5-23-9-16/h1-3,6,8H,4-5,7,9H2,(H,19,20)(H,21,22). The monoisotopic (exact) mass is 366 g/mol. The van der Waals surface area contributed by atoms with Gasteiger partial charge in [-0.1, -0.05) is 12.1 Å². The Morgan fingerprint density at radius 3 is 2.92 bits per heavy atom. The lowest BCUT2D eigenvalue weighted by Crippen LogP contribution is -2.54. The van der Waals surface area contributed by atoms with Crippen molar-refractivity contribution in [1.29, 1.82) is 0 Å². The Hall–Kier alpha value is -1.93. The maximum atomic E-state index is 13.2. The molecule has 24 heavy (non-hydrogen) atoms. The highest BCUT2D eigenvalue weighted by atomic mass is 32.2. The second-order valence-electron chi connectivity index (χ2n) is 5.58. The lowest BCUT2D eigenvalue weighted by molar-refractivity contribution is -0.143. The van der Waals surface area contributed by atoms with Crippen LogP contribution in [0, 0.1) is 5.82 Å². The van der Waals surface area contributed by atoms with Crippen LogP contribution in [0.4, 0.5) is 4.39 Å². The van der Waals surface area contributed by atoms with Crippen LogP contribution in [-0.4, -0.2) is 39.0 Å². The third-order valence-electron chi connectivity index (χ3n) is 3.81. The van der Waals surface area contributed by atoms with Crippen LogP contribution in [0.25, 0.3) is 0 Å². The average Bonchev–Trinajstić information content (AvgIpc) is 3.17. The lowest BCUT2D eigenvalue weighted by atomic mass is 9.99. The molecule has 126 valence electrons. The molecule has 3 rings (SSSR count). The number of thioether (sulfide) groups is 1. The molecule has 0 saturated carbocycles. The van der Waals surface area contributed by atoms with Crippen LogP contribution < -0.4 is 5.32 Å². The molecule has 1 aliphatic rings. The van der Waals surface area contributed by atoms with Gasteiger partial charge in [-0.05, 0) is 29.9 Å². The van der Waals surface area contributed by atoms with Crippen LogP contribution in [-0.2, 0) is 11.2 Å². The van der Waals surface area contributed by atoms with Crippen molar-refractivity contribution in [3.05, 3.63) is 51.7 Å². The van der Waals surface area contributed by atoms with Crippen molar-refractivity contribution in [1.82, 2.24) is 10.3 Å². The Morgan fingerprint density at radius 2 is 2.25 bits per heavy atom. The number of benzene rings is 1. The third-order valence-corrected chi connectivity index (χ3v) is 5.85. The smallest absolute Gasteiger partial charge is 0.330 e. The van der Waals surface area contributed by atoms with E-state index in [9.17, 15) is 19.1 Å². The summed E-state index contributed by atoms with van der Waals surface area (Å²) in [6.45, 7) is 0. The van der Waals surface area contributed by atoms with Crippen molar-refractivity contribution in [2.45, 2.75) is 18.4 Å². The molecule has 1 amide bonds. The van der Waals surface area contributed by atoms with Crippen LogP contribution in [0.5, 0.6) is 0 Å². The summed E-state index contributed by atoms with van der Waals surface area (Å²) in [6.07, 6.45) is 0.828. The Kier molecular flexibility index (Phi) is 4.86. The molecular formula is C16H15FN2O3S2. The molecule has 1 atom stereocenters. The van der Waals surface area contributed by atoms with Gasteiger partial charge in [0, 0.05) is 17.6 Å². The molecule has 1 unspecified atom stereocenters. The quantitative estimate of drug-likeness (QED) is 0.850. The maximum Gasteiger partial charge on any atom is 0.330 e. The molecule has 1 aromatic heterocycles. The highest BCUT2D eigenvalue weighted by Gasteiger charge is 2.43. The van der Waals surface area contributed by atoms with E-state index in [2.05, 4.69) is 10.3 Å². The number of nitrogens with zero attached hydrogens (tertiary/aromatic N) is 1. The van der Waals surface area contributed by atoms with Gasteiger partial charge in [-0.15, -0.1) is 11.3 Å². The minimum absolute atomic E-state index is 0.198. The molecule has 1 saturated heterocycles. The summed E-state index contributed by atoms with van der Waals surface area (Å²) in [7, 11) is 0. The van der Waals surface area contributed by atoms with E-state index in [1.54, 1.807) is 17.5 Å². The van der Waals surface area contributed by atoms with Gasteiger partial charge in [0.1, 0.15) is 17.1 Å². The van der Waals surface area contributed by atoms with Crippen molar-refractivity contribution in [3.63, 3.8) is 0 Å². The summed E-state index contributed by atoms with van der Waals surface area (Å²) >= 11 is 2.80. The van der Waals surface area contributed by atoms with E-state index in [0.717, 1.165) is 5.56 Å². The van der Waals surface area contributed by atoms with Crippen LogP contribution in [0.3, 0.4) is 0 Å². The molecule has 1 aliphatic heterocycles. The first kappa shape index (κ1) is 16.9. The van der Waals surface area contributed by atoms with Gasteiger partial charge < -0.3 is 10.4 Å². The average molecular weight is 366 g/mol. The normalized spacial score (nSPS) is 20.0. The topological polar surface area (TPSA) is 79.3 Å². The van der Waals surface area contributed by atoms with Crippen molar-refractivity contribution in [2.24, 2.45) is 0 Å². The largest absolute Gasteiger partial charge is 0.479 e. The summed E-state index contributed by atoms with van der Waals surface area (Å²) < 4.78 is 13.2. The second-order valence-corrected chi connectivity index (χ2v) is 7.62. The van der Waals surface area contributed by atoms with E-state index < -0.39 is 17.4 Å². The zero-order valence-corrected chi connectivity index (χ0v) is 14.3. The van der Waals surface area contributed by atoms with Crippen molar-refractivity contribution in [3.8, 4) is 0 Å². The minimum atomic E-state index is -1.21. The number of carboxylic acids is 1. The number of carboxylic acid groups (broad SMARTS) is 1. The minimum Gasteiger partial charge on any atom is -0.479 e. The van der Waals surface area contributed by atoms with Gasteiger partial charge >= 0.3 is 5.97 Å². The molecule has 0 bridgehead atoms. The number of rotatable bonds is 5. The third kappa shape index (κ3) is 3.59. The number of amides is 1. The number of aromatic nitrogens is 1. The van der Waals surface area contributed by atoms with E-state index in [0.29, 0.717) is 29.4 Å². The summed E-state index contributed by atoms with van der Waals surface area (Å²) in [4.78, 5) is 28.1. The van der Waals surface area contributed by atoms with E-state index in [-0.39, 0.29) is 11.5 Å². The van der Waals surface area contributed by atoms with Crippen LogP contribution in [0.2, 0.25) is 0 Å². The maximum absolute atomic E-state index is 13.2. The molecular weight excluding hydrogens is 351 g/mol. The first-order valence-electron chi connectivity index (χ1n) is 7.31. The first-order valence-corrected chi connectivity index (χ1v) is 9.34. The van der Waals surface area contributed by atoms with Gasteiger partial charge in [-0.3, -0.25) is 4.79 Å². The fraction of sp³-hybridized carbons (Fsp3) is 0.312. The predicted octanol–water partition coefficient (Wildman–Crippen LogP) is 2.56. The van der Waals surface area contributed by atoms with Crippen molar-refractivity contribution < 1.29 is 19.1 Å². The number of hydrogen-bond acceptors (Lipinski definition) is 5. The second kappa shape index (κ2) is 6.90. The van der Waals surface area contributed by atoms with E-state index in [1.165, 1.54) is 35.2 Å². The number of hydrogen-bond donors (Lipinski definition) is 2. The molecule has 0 aliphatic carbocycles. The Morgan fingerprint density at radius 1 is 1.42 bits per heavy atom. The van der Waals surface area contributed by atoms with Crippen molar-refractivity contribution in [2.75, 3.05) is 11.5 Å². The molecule has 0 spiro atoms. The number of aliphatic carboxylic acids is 1. The van der Waals surface area contributed by atoms with Gasteiger partial charge in [-0.2, -0.15) is 11.8 Å². The summed E-state index contributed by atoms with van der Waals surface area (Å²) in [5, 5.41) is 14.3. The summed E-state index contributed by atoms with van der Waals surface area (Å²) in [5.41, 5.74) is -0.247. The Balaban J connectivity index is 1.70. The molecule has 0 radical (unpaired) electrons. The first-order chi connectivity index (χ1) is 11.5. The van der Waals surface area contributed by atoms with Gasteiger partial charge in [-0.25, -0.2) is 14.2 Å². The predicted molar refractivity (Wildman–Crippen MR) is 91.1 cm³/mol. The molecule has 1 fully saturated rings. The molecule has 2 N–H and O–H groups in total. The fourth-order valence-corrected chi connectivity index (χ4v) is 4.62. The van der Waals surface area contributed by atoms with E-state index in [1.807, 2.05) is 0 Å². The highest BCUT2D eigenvalue weighted by molar-refractivity contribution is 7.99. The molecule has 1 aromatic carbocycles. The number of thiazole rings is 1. The van der Waals surface area contributed by atoms with Crippen LogP contribution in [0.1, 0.15) is 27.5 Å². The molecule has 5 nitrogen and oxygen atoms in total. The summed E-state index contributed by atoms with van der Waals surface area (Å²) in [5.74, 6) is -0.759. The lowest BCUT2D eigenvalue weighted by Gasteiger charge is -2.23. The Labute approximate surface area is 146 Å². The van der Waals surface area contributed by atoms with Gasteiger partial charge in [0.05, 0.1) is 5.01 Å². The van der Waals surface area contributed by atoms with Gasteiger partial charge in [0.15, 0.2) is 0 Å². The zero-order chi connectivity index (χ0) is 17.2. The molecule has 8 heteroatoms. The van der Waals surface area contributed by atoms with E-state index in [4.69, 9.17) is 0 Å². The van der Waals surface area contributed by atoms with Crippen LogP contribution >= 0.6 is 23.1 Å². The zero-order valence-electron chi connectivity index (χ0n) is 12.6.